The second-order valence-electron chi connectivity index (χ2n) is 4.84. The summed E-state index contributed by atoms with van der Waals surface area (Å²) in [6, 6.07) is 17.1. The van der Waals surface area contributed by atoms with Crippen molar-refractivity contribution in [2.24, 2.45) is 0 Å². The highest BCUT2D eigenvalue weighted by molar-refractivity contribution is 9.08. The fourth-order valence-corrected chi connectivity index (χ4v) is 1.97. The van der Waals surface area contributed by atoms with E-state index < -0.39 is 0 Å². The van der Waals surface area contributed by atoms with Crippen LogP contribution in [0.4, 0.5) is 0 Å². The molecular weight excluding hydrogens is 396 g/mol. The van der Waals surface area contributed by atoms with Crippen LogP contribution >= 0.6 is 15.9 Å². The monoisotopic (exact) mass is 424 g/mol. The summed E-state index contributed by atoms with van der Waals surface area (Å²) in [5.41, 5.74) is 2.96. The van der Waals surface area contributed by atoms with Gasteiger partial charge in [0.25, 0.3) is 0 Å². The molecule has 5 heteroatoms. The number of hydrogen-bond acceptors (Lipinski definition) is 4. The van der Waals surface area contributed by atoms with E-state index in [2.05, 4.69) is 39.7 Å². The van der Waals surface area contributed by atoms with Crippen LogP contribution in [0.25, 0.3) is 0 Å². The number of aryl methyl sites for hydroxylation is 1. The van der Waals surface area contributed by atoms with Crippen LogP contribution < -0.4 is 0 Å². The van der Waals surface area contributed by atoms with E-state index in [0.717, 1.165) is 5.56 Å². The van der Waals surface area contributed by atoms with Crippen LogP contribution in [-0.4, -0.2) is 32.1 Å². The van der Waals surface area contributed by atoms with Gasteiger partial charge >= 0.3 is 5.97 Å². The normalized spacial score (nSPS) is 12.4. The average Bonchev–Trinajstić information content (AvgIpc) is 3.27. The number of benzene rings is 2. The van der Waals surface area contributed by atoms with Gasteiger partial charge < -0.3 is 14.2 Å². The molecule has 4 nitrogen and oxygen atoms in total. The van der Waals surface area contributed by atoms with Crippen molar-refractivity contribution in [3.8, 4) is 0 Å². The SMILES string of the molecule is CBr.CC.COC(=O)c1ccccc1.Cc1ccc(C2OCCO2)cc1. The Morgan fingerprint density at radius 1 is 0.962 bits per heavy atom. The van der Waals surface area contributed by atoms with Crippen molar-refractivity contribution >= 4 is 21.9 Å². The van der Waals surface area contributed by atoms with E-state index >= 15 is 0 Å². The predicted octanol–water partition coefficient (Wildman–Crippen LogP) is 5.55. The maximum Gasteiger partial charge on any atom is 0.337 e. The van der Waals surface area contributed by atoms with E-state index in [1.165, 1.54) is 12.7 Å². The van der Waals surface area contributed by atoms with E-state index in [1.54, 1.807) is 24.3 Å². The Morgan fingerprint density at radius 3 is 1.92 bits per heavy atom. The lowest BCUT2D eigenvalue weighted by Crippen LogP contribution is -1.99. The number of carbonyl (C=O) groups excluding carboxylic acids is 1. The molecule has 0 N–H and O–H groups in total. The summed E-state index contributed by atoms with van der Waals surface area (Å²) >= 11 is 2.94. The Labute approximate surface area is 165 Å². The molecule has 0 saturated carbocycles. The number of halogens is 1. The van der Waals surface area contributed by atoms with Crippen molar-refractivity contribution in [3.05, 3.63) is 71.3 Å². The molecule has 0 aliphatic carbocycles. The molecule has 26 heavy (non-hydrogen) atoms. The molecule has 144 valence electrons. The largest absolute Gasteiger partial charge is 0.465 e. The highest BCUT2D eigenvalue weighted by Gasteiger charge is 2.17. The summed E-state index contributed by atoms with van der Waals surface area (Å²) in [6.45, 7) is 7.48. The van der Waals surface area contributed by atoms with Crippen molar-refractivity contribution in [1.29, 1.82) is 0 Å². The van der Waals surface area contributed by atoms with E-state index in [-0.39, 0.29) is 12.3 Å². The van der Waals surface area contributed by atoms with Gasteiger partial charge in [-0.25, -0.2) is 4.79 Å². The third kappa shape index (κ3) is 9.13. The summed E-state index contributed by atoms with van der Waals surface area (Å²) in [5, 5.41) is 0. The standard InChI is InChI=1S/C10H12O2.C8H8O2.C2H6.CH3Br/c1-8-2-4-9(5-3-8)10-11-6-7-12-10;1-10-8(9)7-5-3-2-4-6-7;2*1-2/h2-5,10H,6-7H2,1H3;2-6H,1H3;1-2H3;1H3. The maximum absolute atomic E-state index is 10.8. The number of alkyl halides is 1. The molecular formula is C21H29BrO4. The van der Waals surface area contributed by atoms with Gasteiger partial charge in [-0.15, -0.1) is 0 Å². The Balaban J connectivity index is 0.000000409. The van der Waals surface area contributed by atoms with Gasteiger partial charge in [-0.2, -0.15) is 0 Å². The lowest BCUT2D eigenvalue weighted by Gasteiger charge is -2.08. The second kappa shape index (κ2) is 15.6. The molecule has 0 unspecified atom stereocenters. The molecule has 0 atom stereocenters. The Hall–Kier alpha value is -1.69. The van der Waals surface area contributed by atoms with E-state index in [0.29, 0.717) is 18.8 Å². The topological polar surface area (TPSA) is 44.8 Å². The van der Waals surface area contributed by atoms with Gasteiger partial charge in [0.15, 0.2) is 6.29 Å². The van der Waals surface area contributed by atoms with Gasteiger partial charge in [0, 0.05) is 5.56 Å². The molecule has 1 heterocycles. The van der Waals surface area contributed by atoms with E-state index in [9.17, 15) is 4.79 Å². The van der Waals surface area contributed by atoms with Crippen LogP contribution in [0.1, 0.15) is 41.6 Å². The first-order valence-corrected chi connectivity index (χ1v) is 10.1. The summed E-state index contributed by atoms with van der Waals surface area (Å²) in [6.07, 6.45) is -0.134. The fourth-order valence-electron chi connectivity index (χ4n) is 1.97. The Kier molecular flexibility index (Phi) is 14.5. The van der Waals surface area contributed by atoms with Crippen molar-refractivity contribution in [2.75, 3.05) is 26.2 Å². The lowest BCUT2D eigenvalue weighted by molar-refractivity contribution is -0.0441. The number of rotatable bonds is 2. The molecule has 0 radical (unpaired) electrons. The average molecular weight is 425 g/mol. The highest BCUT2D eigenvalue weighted by Crippen LogP contribution is 2.22. The zero-order chi connectivity index (χ0) is 19.8. The van der Waals surface area contributed by atoms with E-state index in [1.807, 2.05) is 37.9 Å². The van der Waals surface area contributed by atoms with Crippen LogP contribution in [0.3, 0.4) is 0 Å². The number of hydrogen-bond donors (Lipinski definition) is 0. The molecule has 0 amide bonds. The van der Waals surface area contributed by atoms with Gasteiger partial charge in [-0.05, 0) is 24.9 Å². The van der Waals surface area contributed by atoms with Crippen molar-refractivity contribution in [3.63, 3.8) is 0 Å². The predicted molar refractivity (Wildman–Crippen MR) is 110 cm³/mol. The number of methoxy groups -OCH3 is 1. The zero-order valence-corrected chi connectivity index (χ0v) is 17.8. The van der Waals surface area contributed by atoms with Crippen LogP contribution in [0.5, 0.6) is 0 Å². The van der Waals surface area contributed by atoms with Crippen molar-refractivity contribution in [2.45, 2.75) is 27.1 Å². The number of carbonyl (C=O) groups is 1. The highest BCUT2D eigenvalue weighted by atomic mass is 79.9. The minimum atomic E-state index is -0.291. The lowest BCUT2D eigenvalue weighted by atomic mass is 10.1. The fraction of sp³-hybridized carbons (Fsp3) is 0.381. The number of ether oxygens (including phenoxy) is 3. The van der Waals surface area contributed by atoms with Gasteiger partial charge in [0.2, 0.25) is 0 Å². The van der Waals surface area contributed by atoms with Crippen LogP contribution in [0, 0.1) is 6.92 Å². The van der Waals surface area contributed by atoms with Crippen LogP contribution in [-0.2, 0) is 14.2 Å². The van der Waals surface area contributed by atoms with E-state index in [4.69, 9.17) is 9.47 Å². The molecule has 1 fully saturated rings. The first-order valence-electron chi connectivity index (χ1n) is 8.51. The first kappa shape index (κ1) is 24.3. The Bertz CT molecular complexity index is 579. The first-order chi connectivity index (χ1) is 12.7. The second-order valence-corrected chi connectivity index (χ2v) is 4.84. The van der Waals surface area contributed by atoms with Gasteiger partial charge in [-0.1, -0.05) is 77.8 Å². The zero-order valence-electron chi connectivity index (χ0n) is 16.2. The molecule has 0 spiro atoms. The van der Waals surface area contributed by atoms with Gasteiger partial charge in [0.05, 0.1) is 25.9 Å². The summed E-state index contributed by atoms with van der Waals surface area (Å²) in [4.78, 5) is 10.8. The third-order valence-electron chi connectivity index (χ3n) is 3.17. The van der Waals surface area contributed by atoms with Crippen LogP contribution in [0.2, 0.25) is 0 Å². The van der Waals surface area contributed by atoms with Crippen molar-refractivity contribution in [1.82, 2.24) is 0 Å². The minimum Gasteiger partial charge on any atom is -0.465 e. The number of esters is 1. The summed E-state index contributed by atoms with van der Waals surface area (Å²) < 4.78 is 15.2. The molecule has 1 aliphatic rings. The molecule has 3 rings (SSSR count). The van der Waals surface area contributed by atoms with Gasteiger partial charge in [-0.3, -0.25) is 0 Å². The molecule has 2 aromatic rings. The third-order valence-corrected chi connectivity index (χ3v) is 3.17. The molecule has 1 aliphatic heterocycles. The molecule has 2 aromatic carbocycles. The maximum atomic E-state index is 10.8. The van der Waals surface area contributed by atoms with Crippen molar-refractivity contribution < 1.29 is 19.0 Å². The minimum absolute atomic E-state index is 0.134. The Morgan fingerprint density at radius 2 is 1.46 bits per heavy atom. The quantitative estimate of drug-likeness (QED) is 0.468. The smallest absolute Gasteiger partial charge is 0.337 e. The molecule has 0 bridgehead atoms. The molecule has 1 saturated heterocycles. The molecule has 0 aromatic heterocycles. The summed E-state index contributed by atoms with van der Waals surface area (Å²) in [7, 11) is 1.37. The van der Waals surface area contributed by atoms with Crippen LogP contribution in [0.15, 0.2) is 54.6 Å². The van der Waals surface area contributed by atoms with Gasteiger partial charge in [0.1, 0.15) is 0 Å². The summed E-state index contributed by atoms with van der Waals surface area (Å²) in [5.74, 6) is 1.52.